The molecule has 2 N–H and O–H groups in total. The highest BCUT2D eigenvalue weighted by atomic mass is 127. The van der Waals surface area contributed by atoms with E-state index in [1.54, 1.807) is 13.3 Å². The van der Waals surface area contributed by atoms with Crippen molar-refractivity contribution in [1.82, 2.24) is 4.98 Å². The monoisotopic (exact) mass is 771 g/mol. The molecule has 0 bridgehead atoms. The van der Waals surface area contributed by atoms with Crippen LogP contribution < -0.4 is 15.1 Å². The Bertz CT molecular complexity index is 1720. The van der Waals surface area contributed by atoms with Crippen molar-refractivity contribution in [3.63, 3.8) is 0 Å². The lowest BCUT2D eigenvalue weighted by atomic mass is 9.78. The number of nitrogens with zero attached hydrogens (tertiary/aromatic N) is 1. The summed E-state index contributed by atoms with van der Waals surface area (Å²) in [6.45, 7) is 11.6. The second kappa shape index (κ2) is 15.8. The number of hydrogen-bond donors (Lipinski definition) is 2. The molecule has 0 amide bonds. The molecule has 0 saturated carbocycles. The Hall–Kier alpha value is -3.48. The molecule has 248 valence electrons. The van der Waals surface area contributed by atoms with Crippen molar-refractivity contribution in [3.8, 4) is 11.5 Å². The van der Waals surface area contributed by atoms with Crippen LogP contribution in [0.25, 0.3) is 11.6 Å². The van der Waals surface area contributed by atoms with E-state index < -0.39 is 15.4 Å². The third-order valence-corrected chi connectivity index (χ3v) is 14.6. The van der Waals surface area contributed by atoms with Gasteiger partial charge in [-0.15, -0.1) is 0 Å². The summed E-state index contributed by atoms with van der Waals surface area (Å²) in [4.78, 5) is 4.64. The topological polar surface area (TPSA) is 81.0 Å². The lowest BCUT2D eigenvalue weighted by Gasteiger charge is -2.43. The summed E-state index contributed by atoms with van der Waals surface area (Å²) >= 11 is 2.11. The number of phenolic OH excluding ortho intramolecular Hbond substituents is 1. The second-order valence-corrected chi connectivity index (χ2v) is 18.5. The summed E-state index contributed by atoms with van der Waals surface area (Å²) in [6, 6.07) is 30.7. The first kappa shape index (κ1) is 35.8. The van der Waals surface area contributed by atoms with E-state index in [2.05, 4.69) is 110 Å². The molecular formula is C39H43BINO5Si. The molecule has 1 unspecified atom stereocenters. The van der Waals surface area contributed by atoms with Gasteiger partial charge in [0.25, 0.3) is 8.32 Å². The molecule has 5 rings (SSSR count). The molecule has 2 heterocycles. The Labute approximate surface area is 299 Å². The van der Waals surface area contributed by atoms with Gasteiger partial charge >= 0.3 is 7.12 Å². The predicted octanol–water partition coefficient (Wildman–Crippen LogP) is 7.66. The lowest BCUT2D eigenvalue weighted by molar-refractivity contribution is 0.182. The van der Waals surface area contributed by atoms with E-state index >= 15 is 0 Å². The van der Waals surface area contributed by atoms with Crippen LogP contribution in [0, 0.1) is 3.57 Å². The minimum Gasteiger partial charge on any atom is -0.504 e. The Morgan fingerprint density at radius 3 is 2.27 bits per heavy atom. The molecule has 3 aromatic carbocycles. The van der Waals surface area contributed by atoms with E-state index in [9.17, 15) is 10.1 Å². The number of aromatic hydroxyl groups is 1. The third-order valence-electron chi connectivity index (χ3n) is 8.78. The van der Waals surface area contributed by atoms with Crippen molar-refractivity contribution >= 4 is 60.0 Å². The number of hydrogen-bond acceptors (Lipinski definition) is 6. The summed E-state index contributed by atoms with van der Waals surface area (Å²) in [5, 5.41) is 23.2. The van der Waals surface area contributed by atoms with Crippen LogP contribution in [0.4, 0.5) is 0 Å². The molecule has 48 heavy (non-hydrogen) atoms. The molecule has 0 aliphatic carbocycles. The fourth-order valence-electron chi connectivity index (χ4n) is 6.46. The van der Waals surface area contributed by atoms with Gasteiger partial charge in [0.1, 0.15) is 0 Å². The minimum absolute atomic E-state index is 0.118. The van der Waals surface area contributed by atoms with Crippen molar-refractivity contribution in [3.05, 3.63) is 136 Å². The summed E-state index contributed by atoms with van der Waals surface area (Å²) < 4.78 is 19.5. The van der Waals surface area contributed by atoms with Crippen molar-refractivity contribution in [2.75, 3.05) is 13.7 Å². The molecule has 1 aliphatic rings. The highest BCUT2D eigenvalue weighted by Gasteiger charge is 2.50. The maximum absolute atomic E-state index is 10.6. The zero-order chi connectivity index (χ0) is 34.3. The number of phenols is 1. The van der Waals surface area contributed by atoms with Crippen molar-refractivity contribution < 1.29 is 23.9 Å². The quantitative estimate of drug-likeness (QED) is 0.114. The van der Waals surface area contributed by atoms with Gasteiger partial charge in [0.2, 0.25) is 0 Å². The van der Waals surface area contributed by atoms with Crippen LogP contribution >= 0.6 is 22.6 Å². The first-order valence-electron chi connectivity index (χ1n) is 16.2. The van der Waals surface area contributed by atoms with Crippen LogP contribution in [-0.4, -0.2) is 50.4 Å². The summed E-state index contributed by atoms with van der Waals surface area (Å²) in [7, 11) is -2.13. The molecule has 0 spiro atoms. The Morgan fingerprint density at radius 2 is 1.69 bits per heavy atom. The van der Waals surface area contributed by atoms with E-state index in [1.165, 1.54) is 10.4 Å². The molecule has 6 nitrogen and oxygen atoms in total. The van der Waals surface area contributed by atoms with Crippen LogP contribution in [0.3, 0.4) is 0 Å². The molecule has 0 radical (unpaired) electrons. The number of rotatable bonds is 12. The first-order chi connectivity index (χ1) is 23.0. The van der Waals surface area contributed by atoms with Gasteiger partial charge in [-0.3, -0.25) is 4.98 Å². The summed E-state index contributed by atoms with van der Waals surface area (Å²) in [5.74, 6) is 0.530. The summed E-state index contributed by atoms with van der Waals surface area (Å²) in [5.41, 5.74) is 4.53. The lowest BCUT2D eigenvalue weighted by Crippen LogP contribution is -2.66. The molecule has 0 saturated heterocycles. The number of methoxy groups -OCH3 is 1. The maximum Gasteiger partial charge on any atom is 0.458 e. The smallest absolute Gasteiger partial charge is 0.458 e. The van der Waals surface area contributed by atoms with Crippen molar-refractivity contribution in [2.45, 2.75) is 51.1 Å². The number of halogens is 1. The highest BCUT2D eigenvalue weighted by molar-refractivity contribution is 14.1. The van der Waals surface area contributed by atoms with E-state index in [0.717, 1.165) is 28.0 Å². The van der Waals surface area contributed by atoms with Crippen LogP contribution in [0.5, 0.6) is 11.5 Å². The number of benzene rings is 3. The van der Waals surface area contributed by atoms with Gasteiger partial charge in [-0.2, -0.15) is 0 Å². The number of ether oxygens (including phenoxy) is 1. The molecule has 1 aliphatic heterocycles. The Kier molecular flexibility index (Phi) is 11.8. The van der Waals surface area contributed by atoms with E-state index in [1.807, 2.05) is 48.5 Å². The maximum atomic E-state index is 10.6. The molecule has 4 aromatic rings. The largest absolute Gasteiger partial charge is 0.504 e. The van der Waals surface area contributed by atoms with E-state index in [4.69, 9.17) is 13.8 Å². The Morgan fingerprint density at radius 1 is 1.04 bits per heavy atom. The number of pyridine rings is 1. The first-order valence-corrected chi connectivity index (χ1v) is 19.2. The average molecular weight is 772 g/mol. The average Bonchev–Trinajstić information content (AvgIpc) is 3.09. The van der Waals surface area contributed by atoms with Crippen LogP contribution in [-0.2, 0) is 9.08 Å². The van der Waals surface area contributed by atoms with Crippen molar-refractivity contribution in [2.24, 2.45) is 0 Å². The van der Waals surface area contributed by atoms with Gasteiger partial charge in [-0.25, -0.2) is 0 Å². The third kappa shape index (κ3) is 8.03. The molecule has 9 heteroatoms. The SMILES string of the molecule is C=C(CO[Si](c1ccccc1)(c1ccccc1)C(C)(C)C)C1=CCB(O)OC1CC/C(=C/c1cc(I)c(O)c(OC)c1)c1ccccn1. The van der Waals surface area contributed by atoms with Gasteiger partial charge in [0.05, 0.1) is 29.1 Å². The molecule has 1 aromatic heterocycles. The van der Waals surface area contributed by atoms with Crippen molar-refractivity contribution in [1.29, 1.82) is 0 Å². The molecule has 0 fully saturated rings. The van der Waals surface area contributed by atoms with Crippen LogP contribution in [0.1, 0.15) is 44.9 Å². The van der Waals surface area contributed by atoms with Gasteiger partial charge in [0.15, 0.2) is 11.5 Å². The van der Waals surface area contributed by atoms with Crippen LogP contribution in [0.2, 0.25) is 11.4 Å². The van der Waals surface area contributed by atoms with E-state index in [0.29, 0.717) is 35.1 Å². The number of aromatic nitrogens is 1. The number of allylic oxidation sites excluding steroid dienone is 2. The zero-order valence-corrected chi connectivity index (χ0v) is 31.2. The molecular weight excluding hydrogens is 728 g/mol. The van der Waals surface area contributed by atoms with Crippen LogP contribution in [0.15, 0.2) is 121 Å². The van der Waals surface area contributed by atoms with Gasteiger partial charge in [-0.05, 0) is 103 Å². The minimum atomic E-state index is -2.78. The fraction of sp³-hybridized carbons (Fsp3) is 0.256. The van der Waals surface area contributed by atoms with Gasteiger partial charge < -0.3 is 23.9 Å². The normalized spacial score (nSPS) is 15.6. The highest BCUT2D eigenvalue weighted by Crippen LogP contribution is 2.39. The molecule has 1 atom stereocenters. The van der Waals surface area contributed by atoms with Gasteiger partial charge in [0, 0.05) is 12.5 Å². The Balaban J connectivity index is 1.42. The fourth-order valence-corrected chi connectivity index (χ4v) is 11.6. The van der Waals surface area contributed by atoms with Gasteiger partial charge in [-0.1, -0.05) is 100 Å². The summed E-state index contributed by atoms with van der Waals surface area (Å²) in [6.07, 6.45) is 7.11. The van der Waals surface area contributed by atoms with E-state index in [-0.39, 0.29) is 16.9 Å². The zero-order valence-electron chi connectivity index (χ0n) is 28.0. The predicted molar refractivity (Wildman–Crippen MR) is 207 cm³/mol. The standard InChI is InChI=1S/C39H43BINO5Si/c1-28(27-46-48(39(2,3)4,31-14-8-6-9-15-31)32-16-10-7-11-17-32)33-21-22-40(44)47-36(33)20-19-30(35-18-12-13-23-42-35)24-29-25-34(41)38(43)37(26-29)45-5/h6-18,21,23-26,36,43-44H,1,19-20,22,27H2,2-5H3/b30-24-. The second-order valence-electron chi connectivity index (χ2n) is 13.0.